The third kappa shape index (κ3) is 6.10. The molecule has 2 saturated heterocycles. The maximum atomic E-state index is 11.4. The molecule has 2 heterocycles. The molecule has 0 amide bonds. The van der Waals surface area contributed by atoms with Crippen molar-refractivity contribution in [3.63, 3.8) is 0 Å². The van der Waals surface area contributed by atoms with Crippen LogP contribution in [-0.4, -0.2) is 81.3 Å². The Hall–Kier alpha value is -1.71. The smallest absolute Gasteiger partial charge is 0.399 e. The van der Waals surface area contributed by atoms with E-state index in [4.69, 9.17) is 9.31 Å². The van der Waals surface area contributed by atoms with Crippen molar-refractivity contribution in [3.05, 3.63) is 54.1 Å². The van der Waals surface area contributed by atoms with Gasteiger partial charge in [-0.25, -0.2) is 8.42 Å². The summed E-state index contributed by atoms with van der Waals surface area (Å²) in [5.74, 6) is 0.242. The van der Waals surface area contributed by atoms with Crippen molar-refractivity contribution in [3.8, 4) is 11.1 Å². The second-order valence-corrected chi connectivity index (χ2v) is 12.9. The zero-order chi connectivity index (χ0) is 24.6. The van der Waals surface area contributed by atoms with Gasteiger partial charge in [0.15, 0.2) is 0 Å². The molecule has 4 rings (SSSR count). The molecular weight excluding hydrogens is 447 g/mol. The molecule has 0 aromatic heterocycles. The van der Waals surface area contributed by atoms with Gasteiger partial charge < -0.3 is 9.31 Å². The minimum Gasteiger partial charge on any atom is -0.399 e. The Morgan fingerprint density at radius 3 is 1.76 bits per heavy atom. The molecule has 184 valence electrons. The van der Waals surface area contributed by atoms with Crippen LogP contribution in [0.1, 0.15) is 33.3 Å². The van der Waals surface area contributed by atoms with E-state index in [-0.39, 0.29) is 24.1 Å². The number of piperazine rings is 1. The van der Waals surface area contributed by atoms with E-state index >= 15 is 0 Å². The van der Waals surface area contributed by atoms with Gasteiger partial charge in [0, 0.05) is 45.5 Å². The fourth-order valence-corrected chi connectivity index (χ4v) is 4.93. The highest BCUT2D eigenvalue weighted by atomic mass is 32.2. The van der Waals surface area contributed by atoms with Crippen LogP contribution in [0.3, 0.4) is 0 Å². The van der Waals surface area contributed by atoms with E-state index in [1.807, 2.05) is 0 Å². The molecule has 0 radical (unpaired) electrons. The number of hydrogen-bond donors (Lipinski definition) is 0. The normalized spacial score (nSPS) is 21.1. The van der Waals surface area contributed by atoms with Gasteiger partial charge in [-0.1, -0.05) is 48.5 Å². The third-order valence-electron chi connectivity index (χ3n) is 7.37. The fraction of sp³-hybridized carbons (Fsp3) is 0.538. The van der Waals surface area contributed by atoms with Crippen LogP contribution in [0.5, 0.6) is 0 Å². The molecule has 34 heavy (non-hydrogen) atoms. The van der Waals surface area contributed by atoms with Crippen LogP contribution in [0.15, 0.2) is 48.5 Å². The van der Waals surface area contributed by atoms with E-state index in [2.05, 4.69) is 86.0 Å². The molecule has 0 N–H and O–H groups in total. The summed E-state index contributed by atoms with van der Waals surface area (Å²) in [6, 6.07) is 17.2. The maximum absolute atomic E-state index is 11.4. The lowest BCUT2D eigenvalue weighted by atomic mass is 9.78. The zero-order valence-electron chi connectivity index (χ0n) is 21.1. The fourth-order valence-electron chi connectivity index (χ4n) is 4.34. The van der Waals surface area contributed by atoms with Gasteiger partial charge in [-0.05, 0) is 49.8 Å². The van der Waals surface area contributed by atoms with Gasteiger partial charge >= 0.3 is 7.12 Å². The van der Waals surface area contributed by atoms with E-state index in [0.29, 0.717) is 6.54 Å². The summed E-state index contributed by atoms with van der Waals surface area (Å²) >= 11 is 0. The van der Waals surface area contributed by atoms with Crippen molar-refractivity contribution in [2.24, 2.45) is 0 Å². The van der Waals surface area contributed by atoms with Gasteiger partial charge in [-0.15, -0.1) is 0 Å². The molecule has 2 aliphatic rings. The van der Waals surface area contributed by atoms with Gasteiger partial charge in [-0.2, -0.15) is 0 Å². The summed E-state index contributed by atoms with van der Waals surface area (Å²) in [6.45, 7) is 13.6. The molecule has 0 bridgehead atoms. The number of sulfone groups is 1. The third-order valence-corrected chi connectivity index (χ3v) is 8.30. The molecule has 0 spiro atoms. The Morgan fingerprint density at radius 1 is 0.794 bits per heavy atom. The van der Waals surface area contributed by atoms with Crippen molar-refractivity contribution < 1.29 is 17.7 Å². The van der Waals surface area contributed by atoms with Crippen LogP contribution in [-0.2, 0) is 25.7 Å². The summed E-state index contributed by atoms with van der Waals surface area (Å²) in [7, 11) is -3.24. The first-order chi connectivity index (χ1) is 15.9. The van der Waals surface area contributed by atoms with E-state index in [9.17, 15) is 8.42 Å². The molecular formula is C26H37BN2O4S. The molecule has 0 unspecified atom stereocenters. The predicted octanol–water partition coefficient (Wildman–Crippen LogP) is 2.82. The summed E-state index contributed by atoms with van der Waals surface area (Å²) in [5, 5.41) is 0. The second-order valence-electron chi connectivity index (χ2n) is 10.7. The minimum absolute atomic E-state index is 0.242. The van der Waals surface area contributed by atoms with Crippen LogP contribution < -0.4 is 5.46 Å². The first-order valence-corrected chi connectivity index (χ1v) is 14.2. The summed E-state index contributed by atoms with van der Waals surface area (Å²) in [4.78, 5) is 4.68. The Balaban J connectivity index is 1.30. The molecule has 6 nitrogen and oxygen atoms in total. The molecule has 0 aliphatic carbocycles. The Morgan fingerprint density at radius 2 is 1.26 bits per heavy atom. The average Bonchev–Trinajstić information content (AvgIpc) is 3.00. The minimum atomic E-state index is -2.90. The number of nitrogens with zero attached hydrogens (tertiary/aromatic N) is 2. The topological polar surface area (TPSA) is 59.1 Å². The van der Waals surface area contributed by atoms with Crippen LogP contribution in [0.25, 0.3) is 11.1 Å². The van der Waals surface area contributed by atoms with Crippen LogP contribution in [0.2, 0.25) is 0 Å². The Bertz CT molecular complexity index is 1060. The summed E-state index contributed by atoms with van der Waals surface area (Å²) < 4.78 is 35.1. The number of rotatable bonds is 7. The first-order valence-electron chi connectivity index (χ1n) is 12.1. The van der Waals surface area contributed by atoms with Crippen molar-refractivity contribution in [2.75, 3.05) is 44.7 Å². The van der Waals surface area contributed by atoms with E-state index in [1.165, 1.54) is 22.9 Å². The molecule has 2 aromatic rings. The lowest BCUT2D eigenvalue weighted by Crippen LogP contribution is -2.47. The molecule has 8 heteroatoms. The van der Waals surface area contributed by atoms with Gasteiger partial charge in [0.1, 0.15) is 9.84 Å². The number of benzene rings is 2. The first kappa shape index (κ1) is 25.4. The van der Waals surface area contributed by atoms with Crippen LogP contribution in [0.4, 0.5) is 0 Å². The molecule has 2 aromatic carbocycles. The van der Waals surface area contributed by atoms with Crippen molar-refractivity contribution in [1.29, 1.82) is 0 Å². The molecule has 0 saturated carbocycles. The average molecular weight is 484 g/mol. The van der Waals surface area contributed by atoms with Crippen molar-refractivity contribution >= 4 is 22.4 Å². The lowest BCUT2D eigenvalue weighted by Gasteiger charge is -2.34. The number of hydrogen-bond acceptors (Lipinski definition) is 6. The van der Waals surface area contributed by atoms with Gasteiger partial charge in [0.05, 0.1) is 17.0 Å². The van der Waals surface area contributed by atoms with Gasteiger partial charge in [-0.3, -0.25) is 9.80 Å². The standard InChI is InChI=1S/C26H37BN2O4S/c1-25(2)26(3,4)33-27(32-25)24-12-10-23(11-13-24)22-8-6-21(7-9-22)20-29-16-14-28(15-17-29)18-19-34(5,30)31/h6-13H,14-20H2,1-5H3. The second kappa shape index (κ2) is 9.74. The van der Waals surface area contributed by atoms with Crippen molar-refractivity contribution in [1.82, 2.24) is 9.80 Å². The summed E-state index contributed by atoms with van der Waals surface area (Å²) in [5.41, 5.74) is 4.02. The Labute approximate surface area is 205 Å². The zero-order valence-corrected chi connectivity index (χ0v) is 21.9. The molecule has 2 aliphatic heterocycles. The van der Waals surface area contributed by atoms with E-state index < -0.39 is 9.84 Å². The van der Waals surface area contributed by atoms with Gasteiger partial charge in [0.25, 0.3) is 0 Å². The van der Waals surface area contributed by atoms with Gasteiger partial charge in [0.2, 0.25) is 0 Å². The quantitative estimate of drug-likeness (QED) is 0.564. The summed E-state index contributed by atoms with van der Waals surface area (Å²) in [6.07, 6.45) is 1.31. The van der Waals surface area contributed by atoms with E-state index in [1.54, 1.807) is 0 Å². The predicted molar refractivity (Wildman–Crippen MR) is 139 cm³/mol. The highest BCUT2D eigenvalue weighted by Crippen LogP contribution is 2.36. The highest BCUT2D eigenvalue weighted by Gasteiger charge is 2.51. The maximum Gasteiger partial charge on any atom is 0.494 e. The van der Waals surface area contributed by atoms with Crippen molar-refractivity contribution in [2.45, 2.75) is 45.4 Å². The lowest BCUT2D eigenvalue weighted by molar-refractivity contribution is 0.00578. The molecule has 0 atom stereocenters. The molecule has 2 fully saturated rings. The largest absolute Gasteiger partial charge is 0.494 e. The Kier molecular flexibility index (Phi) is 7.28. The monoisotopic (exact) mass is 484 g/mol. The highest BCUT2D eigenvalue weighted by molar-refractivity contribution is 7.90. The van der Waals surface area contributed by atoms with E-state index in [0.717, 1.165) is 38.2 Å². The van der Waals surface area contributed by atoms with Crippen LogP contribution >= 0.6 is 0 Å². The SMILES string of the molecule is CC1(C)OB(c2ccc(-c3ccc(CN4CCN(CCS(C)(=O)=O)CC4)cc3)cc2)OC1(C)C. The van der Waals surface area contributed by atoms with Crippen LogP contribution in [0, 0.1) is 0 Å².